The van der Waals surface area contributed by atoms with Gasteiger partial charge in [-0.05, 0) is 54.8 Å². The molecule has 2 aromatic carbocycles. The lowest BCUT2D eigenvalue weighted by atomic mass is 10.1. The van der Waals surface area contributed by atoms with E-state index in [1.54, 1.807) is 18.7 Å². The second-order valence-corrected chi connectivity index (χ2v) is 12.1. The molecule has 234 valence electrons. The van der Waals surface area contributed by atoms with Gasteiger partial charge < -0.3 is 30.7 Å². The molecule has 5 rings (SSSR count). The molecule has 10 nitrogen and oxygen atoms in total. The van der Waals surface area contributed by atoms with Gasteiger partial charge in [0, 0.05) is 55.8 Å². The van der Waals surface area contributed by atoms with Gasteiger partial charge in [0.05, 0.1) is 19.3 Å². The van der Waals surface area contributed by atoms with Gasteiger partial charge in [0.1, 0.15) is 12.1 Å². The van der Waals surface area contributed by atoms with Crippen LogP contribution in [0.1, 0.15) is 48.9 Å². The molecule has 44 heavy (non-hydrogen) atoms. The molecule has 0 saturated carbocycles. The van der Waals surface area contributed by atoms with Crippen molar-refractivity contribution in [1.82, 2.24) is 25.8 Å². The van der Waals surface area contributed by atoms with Crippen LogP contribution >= 0.6 is 0 Å². The Morgan fingerprint density at radius 1 is 0.977 bits per heavy atom. The van der Waals surface area contributed by atoms with Gasteiger partial charge in [-0.3, -0.25) is 19.3 Å². The first-order valence-electron chi connectivity index (χ1n) is 15.6. The molecule has 3 fully saturated rings. The van der Waals surface area contributed by atoms with E-state index in [1.807, 2.05) is 36.4 Å². The largest absolute Gasteiger partial charge is 0.391 e. The molecule has 4 atom stereocenters. The van der Waals surface area contributed by atoms with Gasteiger partial charge in [-0.1, -0.05) is 50.0 Å². The highest BCUT2D eigenvalue weighted by Crippen LogP contribution is 2.22. The molecule has 0 spiro atoms. The summed E-state index contributed by atoms with van der Waals surface area (Å²) in [5, 5.41) is 19.0. The number of nitrogens with one attached hydrogen (secondary N) is 3. The number of rotatable bonds is 8. The molecule has 2 aromatic rings. The van der Waals surface area contributed by atoms with Crippen molar-refractivity contribution in [3.8, 4) is 11.8 Å². The maximum absolute atomic E-state index is 13.3. The summed E-state index contributed by atoms with van der Waals surface area (Å²) in [5.74, 6) is 5.47. The fraction of sp³-hybridized carbons (Fsp3) is 0.500. The zero-order valence-corrected chi connectivity index (χ0v) is 25.6. The Hall–Kier alpha value is -3.75. The van der Waals surface area contributed by atoms with Gasteiger partial charge in [0.25, 0.3) is 0 Å². The molecule has 0 radical (unpaired) electrons. The second-order valence-electron chi connectivity index (χ2n) is 12.1. The van der Waals surface area contributed by atoms with Crippen molar-refractivity contribution in [1.29, 1.82) is 0 Å². The summed E-state index contributed by atoms with van der Waals surface area (Å²) >= 11 is 0. The molecule has 4 N–H and O–H groups in total. The number of ether oxygens (including phenoxy) is 1. The third-order valence-corrected chi connectivity index (χ3v) is 8.43. The van der Waals surface area contributed by atoms with Gasteiger partial charge in [-0.25, -0.2) is 0 Å². The number of nitrogens with zero attached hydrogens (tertiary/aromatic N) is 2. The third-order valence-electron chi connectivity index (χ3n) is 8.43. The zero-order chi connectivity index (χ0) is 31.1. The van der Waals surface area contributed by atoms with Crippen LogP contribution in [0, 0.1) is 17.8 Å². The van der Waals surface area contributed by atoms with Gasteiger partial charge >= 0.3 is 0 Å². The summed E-state index contributed by atoms with van der Waals surface area (Å²) in [4.78, 5) is 42.8. The van der Waals surface area contributed by atoms with Crippen molar-refractivity contribution in [2.45, 2.75) is 64.0 Å². The van der Waals surface area contributed by atoms with E-state index in [2.05, 4.69) is 44.8 Å². The minimum atomic E-state index is -0.737. The second kappa shape index (κ2) is 14.8. The van der Waals surface area contributed by atoms with E-state index in [9.17, 15) is 19.5 Å². The molecule has 3 aliphatic heterocycles. The average Bonchev–Trinajstić information content (AvgIpc) is 3.66. The molecule has 3 heterocycles. The van der Waals surface area contributed by atoms with Gasteiger partial charge in [0.2, 0.25) is 17.7 Å². The fourth-order valence-electron chi connectivity index (χ4n) is 5.88. The summed E-state index contributed by atoms with van der Waals surface area (Å²) in [6.45, 7) is 9.17. The van der Waals surface area contributed by atoms with Crippen molar-refractivity contribution in [3.05, 3.63) is 70.8 Å². The normalized spacial score (nSPS) is 23.7. The zero-order valence-electron chi connectivity index (χ0n) is 25.6. The van der Waals surface area contributed by atoms with Crippen LogP contribution in [0.5, 0.6) is 0 Å². The van der Waals surface area contributed by atoms with Crippen LogP contribution in [0.2, 0.25) is 0 Å². The maximum atomic E-state index is 13.3. The monoisotopic (exact) mass is 601 g/mol. The number of aliphatic hydroxyl groups excluding tert-OH is 1. The lowest BCUT2D eigenvalue weighted by Gasteiger charge is -2.26. The van der Waals surface area contributed by atoms with Gasteiger partial charge in [-0.15, -0.1) is 0 Å². The molecule has 3 aliphatic rings. The summed E-state index contributed by atoms with van der Waals surface area (Å²) in [6, 6.07) is 14.4. The van der Waals surface area contributed by atoms with Crippen LogP contribution in [0.25, 0.3) is 0 Å². The summed E-state index contributed by atoms with van der Waals surface area (Å²) in [7, 11) is 0. The minimum Gasteiger partial charge on any atom is -0.391 e. The predicted molar refractivity (Wildman–Crippen MR) is 166 cm³/mol. The number of amides is 3. The highest BCUT2D eigenvalue weighted by molar-refractivity contribution is 5.89. The van der Waals surface area contributed by atoms with Crippen LogP contribution < -0.4 is 16.0 Å². The molecular formula is C34H43N5O5. The molecule has 0 unspecified atom stereocenters. The Balaban J connectivity index is 1.13. The first kappa shape index (κ1) is 31.7. The lowest BCUT2D eigenvalue weighted by molar-refractivity contribution is -0.140. The van der Waals surface area contributed by atoms with Crippen LogP contribution in [0.3, 0.4) is 0 Å². The van der Waals surface area contributed by atoms with Crippen molar-refractivity contribution >= 4 is 17.7 Å². The Labute approximate surface area is 259 Å². The quantitative estimate of drug-likeness (QED) is 0.333. The number of hydrogen-bond acceptors (Lipinski definition) is 7. The van der Waals surface area contributed by atoms with Gasteiger partial charge in [0.15, 0.2) is 0 Å². The van der Waals surface area contributed by atoms with E-state index in [0.717, 1.165) is 49.5 Å². The van der Waals surface area contributed by atoms with Crippen molar-refractivity contribution in [3.63, 3.8) is 0 Å². The molecule has 10 heteroatoms. The van der Waals surface area contributed by atoms with Crippen LogP contribution in [0.4, 0.5) is 0 Å². The van der Waals surface area contributed by atoms with Gasteiger partial charge in [-0.2, -0.15) is 0 Å². The molecule has 3 saturated heterocycles. The number of hydrogen-bond donors (Lipinski definition) is 4. The van der Waals surface area contributed by atoms with Crippen LogP contribution in [0.15, 0.2) is 48.5 Å². The summed E-state index contributed by atoms with van der Waals surface area (Å²) < 4.78 is 5.42. The van der Waals surface area contributed by atoms with E-state index < -0.39 is 18.2 Å². The number of morpholine rings is 1. The predicted octanol–water partition coefficient (Wildman–Crippen LogP) is 0.999. The lowest BCUT2D eigenvalue weighted by Crippen LogP contribution is -2.50. The SMILES string of the molecule is CC(C)C(=O)N1C[C@H](NC(=O)[C@H]2NCC[C@H]2O)C[C@@H]1C(=O)NCc1ccc(C#Cc2ccc(CN3CCOCC3)cc2)cc1. The van der Waals surface area contributed by atoms with Crippen molar-refractivity contribution in [2.75, 3.05) is 39.4 Å². The molecule has 0 bridgehead atoms. The molecular weight excluding hydrogens is 558 g/mol. The first-order valence-corrected chi connectivity index (χ1v) is 15.6. The van der Waals surface area contributed by atoms with Crippen LogP contribution in [-0.4, -0.2) is 96.3 Å². The fourth-order valence-corrected chi connectivity index (χ4v) is 5.88. The number of carbonyl (C=O) groups is 3. The Morgan fingerprint density at radius 2 is 1.61 bits per heavy atom. The minimum absolute atomic E-state index is 0.129. The first-order chi connectivity index (χ1) is 21.3. The topological polar surface area (TPSA) is 123 Å². The maximum Gasteiger partial charge on any atom is 0.243 e. The van der Waals surface area contributed by atoms with E-state index in [-0.39, 0.29) is 36.2 Å². The van der Waals surface area contributed by atoms with E-state index in [0.29, 0.717) is 25.9 Å². The standard InChI is InChI=1S/C34H43N5O5/c1-23(2)34(43)39-22-28(37-33(42)31-30(40)13-14-35-31)19-29(39)32(41)36-20-26-9-5-24(6-10-26)3-4-25-7-11-27(12-8-25)21-38-15-17-44-18-16-38/h5-12,23,28-31,35,40H,13-22H2,1-2H3,(H,36,41)(H,37,42)/t28-,29-,30-,31+/m1/s1. The van der Waals surface area contributed by atoms with E-state index in [4.69, 9.17) is 4.74 Å². The van der Waals surface area contributed by atoms with E-state index >= 15 is 0 Å². The summed E-state index contributed by atoms with van der Waals surface area (Å²) in [6.07, 6.45) is 0.101. The highest BCUT2D eigenvalue weighted by Gasteiger charge is 2.42. The number of aliphatic hydroxyl groups is 1. The third kappa shape index (κ3) is 8.24. The smallest absolute Gasteiger partial charge is 0.243 e. The van der Waals surface area contributed by atoms with Crippen LogP contribution in [-0.2, 0) is 32.2 Å². The number of likely N-dealkylation sites (tertiary alicyclic amines) is 1. The Kier molecular flexibility index (Phi) is 10.7. The molecule has 3 amide bonds. The van der Waals surface area contributed by atoms with Crippen molar-refractivity contribution < 1.29 is 24.2 Å². The number of carbonyl (C=O) groups excluding carboxylic acids is 3. The summed E-state index contributed by atoms with van der Waals surface area (Å²) in [5.41, 5.74) is 4.01. The highest BCUT2D eigenvalue weighted by atomic mass is 16.5. The van der Waals surface area contributed by atoms with Crippen molar-refractivity contribution in [2.24, 2.45) is 5.92 Å². The molecule has 0 aromatic heterocycles. The Bertz CT molecular complexity index is 1360. The molecule has 0 aliphatic carbocycles. The average molecular weight is 602 g/mol. The van der Waals surface area contributed by atoms with E-state index in [1.165, 1.54) is 5.56 Å². The Morgan fingerprint density at radius 3 is 2.20 bits per heavy atom. The number of benzene rings is 2.